The van der Waals surface area contributed by atoms with Gasteiger partial charge in [-0.05, 0) is 57.5 Å². The highest BCUT2D eigenvalue weighted by Gasteiger charge is 2.14. The van der Waals surface area contributed by atoms with Crippen LogP contribution in [0.5, 0.6) is 0 Å². The Morgan fingerprint density at radius 3 is 2.32 bits per heavy atom. The summed E-state index contributed by atoms with van der Waals surface area (Å²) < 4.78 is 0. The Kier molecular flexibility index (Phi) is 6.84. The Balaban J connectivity index is 1.53. The van der Waals surface area contributed by atoms with Crippen molar-refractivity contribution in [2.45, 2.75) is 0 Å². The molecule has 1 amide bonds. The predicted octanol–water partition coefficient (Wildman–Crippen LogP) is 1.87. The molecule has 1 aromatic heterocycles. The molecule has 2 heterocycles. The van der Waals surface area contributed by atoms with Crippen molar-refractivity contribution in [3.63, 3.8) is 0 Å². The van der Waals surface area contributed by atoms with Crippen LogP contribution in [0.15, 0.2) is 42.6 Å². The fraction of sp³-hybridized carbons (Fsp3) is 0.429. The van der Waals surface area contributed by atoms with Crippen molar-refractivity contribution >= 4 is 23.0 Å². The minimum Gasteiger partial charge on any atom is -0.369 e. The van der Waals surface area contributed by atoms with Crippen molar-refractivity contribution in [3.8, 4) is 0 Å². The van der Waals surface area contributed by atoms with Gasteiger partial charge in [0.25, 0.3) is 5.91 Å². The molecule has 0 radical (unpaired) electrons. The van der Waals surface area contributed by atoms with Crippen molar-refractivity contribution in [1.82, 2.24) is 20.1 Å². The third kappa shape index (κ3) is 5.68. The summed E-state index contributed by atoms with van der Waals surface area (Å²) in [6.45, 7) is 5.72. The summed E-state index contributed by atoms with van der Waals surface area (Å²) >= 11 is 0. The number of nitrogens with zero attached hydrogens (tertiary/aromatic N) is 4. The maximum atomic E-state index is 12.1. The van der Waals surface area contributed by atoms with E-state index in [1.54, 1.807) is 12.3 Å². The van der Waals surface area contributed by atoms with Gasteiger partial charge in [-0.15, -0.1) is 0 Å². The molecular weight excluding hydrogens is 352 g/mol. The Labute approximate surface area is 167 Å². The molecule has 1 aliphatic heterocycles. The molecule has 0 atom stereocenters. The zero-order valence-electron chi connectivity index (χ0n) is 17.0. The van der Waals surface area contributed by atoms with Gasteiger partial charge in [0.1, 0.15) is 5.69 Å². The first kappa shape index (κ1) is 20.1. The first-order valence-corrected chi connectivity index (χ1v) is 9.71. The number of nitrogens with one attached hydrogen (secondary N) is 2. The van der Waals surface area contributed by atoms with E-state index in [1.165, 1.54) is 5.69 Å². The van der Waals surface area contributed by atoms with Gasteiger partial charge < -0.3 is 25.3 Å². The number of rotatable bonds is 7. The first-order valence-electron chi connectivity index (χ1n) is 9.71. The minimum atomic E-state index is -0.148. The summed E-state index contributed by atoms with van der Waals surface area (Å²) in [4.78, 5) is 23.1. The predicted molar refractivity (Wildman–Crippen MR) is 115 cm³/mol. The van der Waals surface area contributed by atoms with E-state index in [9.17, 15) is 4.79 Å². The van der Waals surface area contributed by atoms with Gasteiger partial charge in [-0.3, -0.25) is 4.79 Å². The van der Waals surface area contributed by atoms with Crippen LogP contribution >= 0.6 is 0 Å². The highest BCUT2D eigenvalue weighted by molar-refractivity contribution is 5.92. The zero-order valence-corrected chi connectivity index (χ0v) is 17.0. The number of hydrogen-bond donors (Lipinski definition) is 2. The van der Waals surface area contributed by atoms with Gasteiger partial charge in [0, 0.05) is 50.6 Å². The highest BCUT2D eigenvalue weighted by Crippen LogP contribution is 2.22. The van der Waals surface area contributed by atoms with E-state index in [0.29, 0.717) is 12.2 Å². The highest BCUT2D eigenvalue weighted by atomic mass is 16.1. The molecule has 1 saturated heterocycles. The molecule has 28 heavy (non-hydrogen) atoms. The lowest BCUT2D eigenvalue weighted by Gasteiger charge is -2.34. The molecule has 2 aromatic rings. The van der Waals surface area contributed by atoms with E-state index < -0.39 is 0 Å². The van der Waals surface area contributed by atoms with Crippen molar-refractivity contribution in [2.24, 2.45) is 0 Å². The Morgan fingerprint density at radius 1 is 1.04 bits per heavy atom. The quantitative estimate of drug-likeness (QED) is 0.762. The number of anilines is 3. The number of carbonyl (C=O) groups is 1. The fourth-order valence-corrected chi connectivity index (χ4v) is 3.07. The third-order valence-electron chi connectivity index (χ3n) is 4.87. The lowest BCUT2D eigenvalue weighted by molar-refractivity contribution is 0.0946. The first-order chi connectivity index (χ1) is 13.5. The molecule has 0 bridgehead atoms. The Bertz CT molecular complexity index is 751. The van der Waals surface area contributed by atoms with E-state index in [2.05, 4.69) is 56.7 Å². The van der Waals surface area contributed by atoms with Crippen molar-refractivity contribution < 1.29 is 4.79 Å². The largest absolute Gasteiger partial charge is 0.369 e. The second kappa shape index (κ2) is 9.52. The second-order valence-corrected chi connectivity index (χ2v) is 7.45. The van der Waals surface area contributed by atoms with E-state index in [4.69, 9.17) is 0 Å². The van der Waals surface area contributed by atoms with Crippen molar-refractivity contribution in [1.29, 1.82) is 0 Å². The number of pyridine rings is 1. The van der Waals surface area contributed by atoms with Gasteiger partial charge in [0.15, 0.2) is 0 Å². The van der Waals surface area contributed by atoms with E-state index in [-0.39, 0.29) is 5.91 Å². The monoisotopic (exact) mass is 382 g/mol. The number of amides is 1. The van der Waals surface area contributed by atoms with Crippen molar-refractivity contribution in [2.75, 3.05) is 70.6 Å². The summed E-state index contributed by atoms with van der Waals surface area (Å²) in [6.07, 6.45) is 1.69. The number of hydrogen-bond acceptors (Lipinski definition) is 6. The number of carbonyl (C=O) groups excluding carboxylic acids is 1. The van der Waals surface area contributed by atoms with Gasteiger partial charge in [-0.1, -0.05) is 0 Å². The molecule has 0 spiro atoms. The number of piperazine rings is 1. The smallest absolute Gasteiger partial charge is 0.269 e. The van der Waals surface area contributed by atoms with E-state index in [0.717, 1.165) is 44.1 Å². The molecule has 1 fully saturated rings. The molecule has 3 rings (SSSR count). The summed E-state index contributed by atoms with van der Waals surface area (Å²) in [5.41, 5.74) is 3.54. The number of likely N-dealkylation sites (N-methyl/N-ethyl adjacent to an activating group) is 2. The van der Waals surface area contributed by atoms with E-state index in [1.807, 2.05) is 25.1 Å². The van der Waals surface area contributed by atoms with Gasteiger partial charge in [0.05, 0.1) is 11.9 Å². The molecule has 0 saturated carbocycles. The molecule has 1 aliphatic rings. The molecule has 0 aliphatic carbocycles. The second-order valence-electron chi connectivity index (χ2n) is 7.45. The van der Waals surface area contributed by atoms with Crippen LogP contribution in [0.1, 0.15) is 10.5 Å². The van der Waals surface area contributed by atoms with Gasteiger partial charge in [-0.2, -0.15) is 0 Å². The van der Waals surface area contributed by atoms with Crippen LogP contribution in [0.3, 0.4) is 0 Å². The topological polar surface area (TPSA) is 63.7 Å². The molecule has 0 unspecified atom stereocenters. The van der Waals surface area contributed by atoms with Gasteiger partial charge >= 0.3 is 0 Å². The van der Waals surface area contributed by atoms with Crippen molar-refractivity contribution in [3.05, 3.63) is 48.3 Å². The number of benzene rings is 1. The average molecular weight is 383 g/mol. The maximum absolute atomic E-state index is 12.1. The van der Waals surface area contributed by atoms with E-state index >= 15 is 0 Å². The maximum Gasteiger partial charge on any atom is 0.269 e. The Morgan fingerprint density at radius 2 is 1.71 bits per heavy atom. The molecule has 7 nitrogen and oxygen atoms in total. The third-order valence-corrected chi connectivity index (χ3v) is 4.87. The van der Waals surface area contributed by atoms with Crippen LogP contribution in [-0.4, -0.2) is 81.1 Å². The van der Waals surface area contributed by atoms with Crippen LogP contribution in [-0.2, 0) is 0 Å². The van der Waals surface area contributed by atoms with Crippen LogP contribution in [0.25, 0.3) is 0 Å². The van der Waals surface area contributed by atoms with Gasteiger partial charge in [-0.25, -0.2) is 4.98 Å². The summed E-state index contributed by atoms with van der Waals surface area (Å²) in [7, 11) is 6.11. The van der Waals surface area contributed by atoms with Crippen LogP contribution < -0.4 is 15.5 Å². The molecule has 7 heteroatoms. The molecule has 1 aromatic carbocycles. The normalized spacial score (nSPS) is 14.9. The summed E-state index contributed by atoms with van der Waals surface area (Å²) in [5, 5.41) is 6.21. The summed E-state index contributed by atoms with van der Waals surface area (Å²) in [5.74, 6) is -0.148. The SMILES string of the molecule is CN(C)CCNC(=O)c1ccc(Nc2ccc(N3CCN(C)CC3)cc2)cn1. The molecular formula is C21H30N6O. The lowest BCUT2D eigenvalue weighted by Crippen LogP contribution is -2.44. The van der Waals surface area contributed by atoms with Crippen LogP contribution in [0.4, 0.5) is 17.1 Å². The summed E-state index contributed by atoms with van der Waals surface area (Å²) in [6, 6.07) is 12.1. The molecule has 2 N–H and O–H groups in total. The average Bonchev–Trinajstić information content (AvgIpc) is 2.69. The molecule has 150 valence electrons. The fourth-order valence-electron chi connectivity index (χ4n) is 3.07. The standard InChI is InChI=1S/C21H30N6O/c1-25(2)11-10-22-21(28)20-9-6-18(16-23-20)24-17-4-7-19(8-5-17)27-14-12-26(3)13-15-27/h4-9,16,24H,10-15H2,1-3H3,(H,22,28). The van der Waals surface area contributed by atoms with Crippen LogP contribution in [0, 0.1) is 0 Å². The Hall–Kier alpha value is -2.64. The zero-order chi connectivity index (χ0) is 19.9. The van der Waals surface area contributed by atoms with Crippen LogP contribution in [0.2, 0.25) is 0 Å². The minimum absolute atomic E-state index is 0.148. The number of aromatic nitrogens is 1. The lowest BCUT2D eigenvalue weighted by atomic mass is 10.2. The van der Waals surface area contributed by atoms with Gasteiger partial charge in [0.2, 0.25) is 0 Å².